The molecule has 13 heteroatoms. The van der Waals surface area contributed by atoms with Gasteiger partial charge in [0.25, 0.3) is 5.91 Å². The summed E-state index contributed by atoms with van der Waals surface area (Å²) in [5.74, 6) is 0.475. The van der Waals surface area contributed by atoms with Crippen LogP contribution >= 0.6 is 0 Å². The van der Waals surface area contributed by atoms with E-state index in [0.29, 0.717) is 54.6 Å². The predicted molar refractivity (Wildman–Crippen MR) is 165 cm³/mol. The van der Waals surface area contributed by atoms with Crippen LogP contribution in [0.2, 0.25) is 0 Å². The molecule has 13 nitrogen and oxygen atoms in total. The van der Waals surface area contributed by atoms with Gasteiger partial charge in [-0.25, -0.2) is 0 Å². The number of rotatable bonds is 6. The number of carbonyl (C=O) groups is 1. The fourth-order valence-electron chi connectivity index (χ4n) is 5.65. The van der Waals surface area contributed by atoms with Crippen molar-refractivity contribution in [1.82, 2.24) is 15.0 Å². The summed E-state index contributed by atoms with van der Waals surface area (Å²) < 4.78 is 0. The number of nitrogens with two attached hydrogens (primary N) is 2. The Bertz CT molecular complexity index is 1560. The van der Waals surface area contributed by atoms with Gasteiger partial charge in [-0.3, -0.25) is 4.79 Å². The van der Waals surface area contributed by atoms with E-state index in [4.69, 9.17) is 11.5 Å². The van der Waals surface area contributed by atoms with Crippen molar-refractivity contribution in [3.05, 3.63) is 66.2 Å². The van der Waals surface area contributed by atoms with E-state index < -0.39 is 18.1 Å². The van der Waals surface area contributed by atoms with Crippen molar-refractivity contribution in [2.45, 2.75) is 37.1 Å². The fourth-order valence-corrected chi connectivity index (χ4v) is 5.65. The molecule has 0 spiro atoms. The third-order valence-electron chi connectivity index (χ3n) is 7.64. The van der Waals surface area contributed by atoms with Gasteiger partial charge in [-0.1, -0.05) is 30.3 Å². The Kier molecular flexibility index (Phi) is 7.95. The summed E-state index contributed by atoms with van der Waals surface area (Å²) in [6, 6.07) is 17.4. The summed E-state index contributed by atoms with van der Waals surface area (Å²) in [4.78, 5) is 30.5. The first-order chi connectivity index (χ1) is 20.7. The van der Waals surface area contributed by atoms with Gasteiger partial charge in [0.05, 0.1) is 17.8 Å². The number of piperidine rings is 2. The SMILES string of the molecule is N[C@@H]1C[C@H](N)CN(c2nc(Nc3ccc(NC(=O)c4ccc5ccccc5c4O)cc3)nc(N3C[C@H](O)C[C@H](O)C3)n2)C1. The number of nitrogens with zero attached hydrogens (tertiary/aromatic N) is 5. The number of fused-ring (bicyclic) bond motifs is 1. The average molecular weight is 586 g/mol. The van der Waals surface area contributed by atoms with Crippen LogP contribution < -0.4 is 31.9 Å². The third kappa shape index (κ3) is 6.44. The maximum absolute atomic E-state index is 12.9. The number of hydrogen-bond donors (Lipinski definition) is 7. The van der Waals surface area contributed by atoms with Crippen LogP contribution in [0.1, 0.15) is 23.2 Å². The van der Waals surface area contributed by atoms with Crippen molar-refractivity contribution in [3.8, 4) is 5.75 Å². The van der Waals surface area contributed by atoms with E-state index in [9.17, 15) is 20.1 Å². The van der Waals surface area contributed by atoms with Gasteiger partial charge in [0.1, 0.15) is 5.75 Å². The minimum atomic E-state index is -0.712. The third-order valence-corrected chi connectivity index (χ3v) is 7.64. The van der Waals surface area contributed by atoms with Gasteiger partial charge in [0, 0.05) is 61.4 Å². The normalized spacial score (nSPS) is 22.4. The molecule has 0 aliphatic carbocycles. The molecule has 2 fully saturated rings. The maximum atomic E-state index is 12.9. The van der Waals surface area contributed by atoms with Crippen molar-refractivity contribution < 1.29 is 20.1 Å². The predicted octanol–water partition coefficient (Wildman–Crippen LogP) is 1.52. The quantitative estimate of drug-likeness (QED) is 0.172. The molecule has 4 aromatic rings. The number of anilines is 5. The van der Waals surface area contributed by atoms with E-state index >= 15 is 0 Å². The number of aromatic hydroxyl groups is 1. The number of benzene rings is 3. The van der Waals surface area contributed by atoms with Crippen molar-refractivity contribution >= 4 is 45.9 Å². The Hall–Kier alpha value is -4.56. The van der Waals surface area contributed by atoms with E-state index in [2.05, 4.69) is 25.6 Å². The number of aliphatic hydroxyl groups is 2. The Morgan fingerprint density at radius 3 is 2.05 bits per heavy atom. The number of nitrogens with one attached hydrogen (secondary N) is 2. The lowest BCUT2D eigenvalue weighted by Crippen LogP contribution is -2.53. The molecule has 9 N–H and O–H groups in total. The minimum absolute atomic E-state index is 0.0697. The summed E-state index contributed by atoms with van der Waals surface area (Å²) >= 11 is 0. The van der Waals surface area contributed by atoms with E-state index in [1.807, 2.05) is 23.1 Å². The smallest absolute Gasteiger partial charge is 0.259 e. The molecule has 4 atom stereocenters. The van der Waals surface area contributed by atoms with Crippen LogP contribution in [0.5, 0.6) is 5.75 Å². The van der Waals surface area contributed by atoms with Crippen molar-refractivity contribution in [1.29, 1.82) is 0 Å². The monoisotopic (exact) mass is 585 g/mol. The summed E-state index contributed by atoms with van der Waals surface area (Å²) in [5.41, 5.74) is 13.8. The number of amides is 1. The molecule has 2 saturated heterocycles. The summed E-state index contributed by atoms with van der Waals surface area (Å²) in [6.07, 6.45) is -0.431. The number of carbonyl (C=O) groups excluding carboxylic acids is 1. The number of phenolic OH excluding ortho intramolecular Hbond substituents is 1. The molecule has 43 heavy (non-hydrogen) atoms. The van der Waals surface area contributed by atoms with E-state index in [1.165, 1.54) is 0 Å². The van der Waals surface area contributed by atoms with Crippen LogP contribution in [0.3, 0.4) is 0 Å². The largest absolute Gasteiger partial charge is 0.506 e. The van der Waals surface area contributed by atoms with E-state index in [0.717, 1.165) is 5.39 Å². The first-order valence-corrected chi connectivity index (χ1v) is 14.2. The second-order valence-electron chi connectivity index (χ2n) is 11.2. The Balaban J connectivity index is 1.22. The van der Waals surface area contributed by atoms with Crippen LogP contribution in [0.15, 0.2) is 60.7 Å². The van der Waals surface area contributed by atoms with Crippen LogP contribution in [0.4, 0.5) is 29.2 Å². The Labute approximate surface area is 248 Å². The van der Waals surface area contributed by atoms with E-state index in [1.54, 1.807) is 47.4 Å². The van der Waals surface area contributed by atoms with Gasteiger partial charge in [0.2, 0.25) is 17.8 Å². The van der Waals surface area contributed by atoms with Crippen LogP contribution in [-0.2, 0) is 0 Å². The lowest BCUT2D eigenvalue weighted by Gasteiger charge is -2.36. The van der Waals surface area contributed by atoms with Gasteiger partial charge in [-0.05, 0) is 42.1 Å². The van der Waals surface area contributed by atoms with Gasteiger partial charge >= 0.3 is 0 Å². The number of phenols is 1. The zero-order valence-corrected chi connectivity index (χ0v) is 23.5. The van der Waals surface area contributed by atoms with Gasteiger partial charge < -0.3 is 47.2 Å². The molecular formula is C30H35N9O4. The molecule has 0 bridgehead atoms. The summed E-state index contributed by atoms with van der Waals surface area (Å²) in [5, 5.41) is 38.6. The second-order valence-corrected chi connectivity index (χ2v) is 11.2. The molecule has 0 radical (unpaired) electrons. The van der Waals surface area contributed by atoms with Crippen LogP contribution in [0.25, 0.3) is 10.8 Å². The molecule has 224 valence electrons. The highest BCUT2D eigenvalue weighted by Crippen LogP contribution is 2.30. The molecule has 2 aliphatic heterocycles. The number of β-amino-alcohol motifs (C(OH)–C–C–N with tert-alkyl or cyclic N) is 2. The molecule has 1 aromatic heterocycles. The summed E-state index contributed by atoms with van der Waals surface area (Å²) in [7, 11) is 0. The molecule has 1 amide bonds. The average Bonchev–Trinajstić information content (AvgIpc) is 2.97. The van der Waals surface area contributed by atoms with Gasteiger partial charge in [0.15, 0.2) is 0 Å². The molecular weight excluding hydrogens is 550 g/mol. The fraction of sp³-hybridized carbons (Fsp3) is 0.333. The van der Waals surface area contributed by atoms with Gasteiger partial charge in [-0.2, -0.15) is 15.0 Å². The lowest BCUT2D eigenvalue weighted by atomic mass is 10.0. The molecule has 0 saturated carbocycles. The number of aromatic nitrogens is 3. The Morgan fingerprint density at radius 2 is 1.37 bits per heavy atom. The van der Waals surface area contributed by atoms with Crippen molar-refractivity contribution in [2.75, 3.05) is 46.6 Å². The molecule has 3 heterocycles. The standard InChI is InChI=1S/C30H35N9O4/c31-18-11-19(32)14-38(13-18)29-35-28(36-30(37-29)39-15-22(40)12-23(41)16-39)34-21-8-6-20(7-9-21)33-27(43)25-10-5-17-3-1-2-4-24(17)26(25)42/h1-10,18-19,22-23,40-42H,11-16,31-32H2,(H,33,43)(H,34,35,36,37)/t18-,19+,22-,23+. The zero-order chi connectivity index (χ0) is 30.1. The highest BCUT2D eigenvalue weighted by Gasteiger charge is 2.29. The number of aliphatic hydroxyl groups excluding tert-OH is 2. The van der Waals surface area contributed by atoms with Crippen molar-refractivity contribution in [3.63, 3.8) is 0 Å². The minimum Gasteiger partial charge on any atom is -0.506 e. The first-order valence-electron chi connectivity index (χ1n) is 14.2. The highest BCUT2D eigenvalue weighted by molar-refractivity contribution is 6.09. The molecule has 6 rings (SSSR count). The van der Waals surface area contributed by atoms with Crippen LogP contribution in [0, 0.1) is 0 Å². The van der Waals surface area contributed by atoms with Crippen molar-refractivity contribution in [2.24, 2.45) is 11.5 Å². The molecule has 0 unspecified atom stereocenters. The highest BCUT2D eigenvalue weighted by atomic mass is 16.3. The maximum Gasteiger partial charge on any atom is 0.259 e. The Morgan fingerprint density at radius 1 is 0.767 bits per heavy atom. The zero-order valence-electron chi connectivity index (χ0n) is 23.5. The van der Waals surface area contributed by atoms with Gasteiger partial charge in [-0.15, -0.1) is 0 Å². The molecule has 3 aromatic carbocycles. The lowest BCUT2D eigenvalue weighted by molar-refractivity contribution is 0.0645. The molecule has 2 aliphatic rings. The number of hydrogen-bond acceptors (Lipinski definition) is 12. The van der Waals surface area contributed by atoms with Crippen LogP contribution in [-0.4, -0.2) is 86.6 Å². The van der Waals surface area contributed by atoms with E-state index in [-0.39, 0.29) is 42.4 Å². The summed E-state index contributed by atoms with van der Waals surface area (Å²) in [6.45, 7) is 1.62. The second kappa shape index (κ2) is 12.0. The topological polar surface area (TPSA) is 199 Å². The first kappa shape index (κ1) is 28.6.